The summed E-state index contributed by atoms with van der Waals surface area (Å²) in [5.41, 5.74) is 0. The number of hydrogen-bond donors (Lipinski definition) is 0. The maximum absolute atomic E-state index is 12.8. The van der Waals surface area contributed by atoms with Crippen LogP contribution in [0.1, 0.15) is 335 Å². The highest BCUT2D eigenvalue weighted by molar-refractivity contribution is 5.71. The van der Waals surface area contributed by atoms with Gasteiger partial charge in [0.2, 0.25) is 0 Å². The molecule has 0 aliphatic rings. The fraction of sp³-hybridized carbons (Fsp3) is 0.786. The van der Waals surface area contributed by atoms with Gasteiger partial charge in [-0.1, -0.05) is 299 Å². The number of hydrogen-bond acceptors (Lipinski definition) is 6. The van der Waals surface area contributed by atoms with E-state index in [0.717, 1.165) is 96.3 Å². The summed E-state index contributed by atoms with van der Waals surface area (Å²) in [6.45, 7) is 6.50. The van der Waals surface area contributed by atoms with Gasteiger partial charge >= 0.3 is 17.9 Å². The molecular weight excluding hydrogens is 937 g/mol. The van der Waals surface area contributed by atoms with Crippen LogP contribution in [-0.4, -0.2) is 37.2 Å². The second kappa shape index (κ2) is 64.4. The first-order chi connectivity index (χ1) is 37.5. The monoisotopic (exact) mass is 1060 g/mol. The molecule has 1 atom stereocenters. The Labute approximate surface area is 472 Å². The van der Waals surface area contributed by atoms with E-state index in [1.165, 1.54) is 199 Å². The Morgan fingerprint density at radius 3 is 0.829 bits per heavy atom. The van der Waals surface area contributed by atoms with Crippen LogP contribution >= 0.6 is 0 Å². The average molecular weight is 1060 g/mol. The summed E-state index contributed by atoms with van der Waals surface area (Å²) in [6.07, 6.45) is 83.8. The molecule has 0 aromatic heterocycles. The average Bonchev–Trinajstić information content (AvgIpc) is 3.42. The van der Waals surface area contributed by atoms with E-state index < -0.39 is 6.10 Å². The first-order valence-electron chi connectivity index (χ1n) is 32.9. The minimum atomic E-state index is -0.790. The number of carbonyl (C=O) groups excluding carboxylic acids is 3. The second-order valence-corrected chi connectivity index (χ2v) is 22.0. The first-order valence-corrected chi connectivity index (χ1v) is 32.9. The van der Waals surface area contributed by atoms with Gasteiger partial charge in [0.15, 0.2) is 6.10 Å². The molecule has 0 amide bonds. The van der Waals surface area contributed by atoms with Crippen molar-refractivity contribution in [2.24, 2.45) is 0 Å². The number of esters is 3. The highest BCUT2D eigenvalue weighted by Crippen LogP contribution is 2.17. The number of allylic oxidation sites excluding steroid dienone is 12. The van der Waals surface area contributed by atoms with Crippen molar-refractivity contribution in [2.75, 3.05) is 13.2 Å². The Bertz CT molecular complexity index is 1400. The molecule has 0 saturated carbocycles. The summed E-state index contributed by atoms with van der Waals surface area (Å²) in [4.78, 5) is 38.1. The van der Waals surface area contributed by atoms with Crippen molar-refractivity contribution < 1.29 is 28.6 Å². The van der Waals surface area contributed by atoms with Gasteiger partial charge in [0.05, 0.1) is 0 Å². The molecule has 0 heterocycles. The van der Waals surface area contributed by atoms with Crippen LogP contribution < -0.4 is 0 Å². The van der Waals surface area contributed by atoms with Gasteiger partial charge in [-0.05, 0) is 89.9 Å². The fourth-order valence-electron chi connectivity index (χ4n) is 9.53. The van der Waals surface area contributed by atoms with Crippen molar-refractivity contribution in [3.8, 4) is 0 Å². The number of unbranched alkanes of at least 4 members (excludes halogenated alkanes) is 37. The normalized spacial score (nSPS) is 12.5. The van der Waals surface area contributed by atoms with Crippen LogP contribution in [-0.2, 0) is 28.6 Å². The molecule has 6 heteroatoms. The van der Waals surface area contributed by atoms with Crippen LogP contribution in [0.3, 0.4) is 0 Å². The highest BCUT2D eigenvalue weighted by atomic mass is 16.6. The molecule has 0 aliphatic heterocycles. The molecule has 0 aromatic carbocycles. The standard InChI is InChI=1S/C70H124O6/c1-4-7-10-13-16-19-21-23-25-27-29-30-31-32-33-34-35-36-37-38-39-40-42-43-45-47-49-51-54-57-60-63-69(72)75-66-67(65-74-68(71)62-59-56-53-18-15-12-9-6-3)76-70(73)64-61-58-55-52-50-48-46-44-41-28-26-24-22-20-17-14-11-8-5-2/h8,11,17,20,24,26-27,29,41,44,48,50,67H,4-7,9-10,12-16,18-19,21-23,25,28,30-40,42-43,45-47,49,51-66H2,1-3H3/b11-8-,20-17-,26-24-,29-27-,44-41-,50-48-. The summed E-state index contributed by atoms with van der Waals surface area (Å²) in [7, 11) is 0. The van der Waals surface area contributed by atoms with Gasteiger partial charge < -0.3 is 14.2 Å². The Kier molecular flexibility index (Phi) is 61.7. The van der Waals surface area contributed by atoms with E-state index in [0.29, 0.717) is 19.3 Å². The molecule has 1 unspecified atom stereocenters. The smallest absolute Gasteiger partial charge is 0.306 e. The zero-order chi connectivity index (χ0) is 55.0. The Balaban J connectivity index is 4.10. The molecule has 0 rings (SSSR count). The van der Waals surface area contributed by atoms with E-state index in [1.807, 2.05) is 0 Å². The molecule has 0 aromatic rings. The van der Waals surface area contributed by atoms with Crippen molar-refractivity contribution in [2.45, 2.75) is 341 Å². The minimum Gasteiger partial charge on any atom is -0.462 e. The van der Waals surface area contributed by atoms with Gasteiger partial charge in [-0.25, -0.2) is 0 Å². The third-order valence-electron chi connectivity index (χ3n) is 14.4. The third kappa shape index (κ3) is 61.7. The molecule has 0 fully saturated rings. The lowest BCUT2D eigenvalue weighted by atomic mass is 10.0. The second-order valence-electron chi connectivity index (χ2n) is 22.0. The molecule has 6 nitrogen and oxygen atoms in total. The molecule has 0 saturated heterocycles. The number of ether oxygens (including phenoxy) is 3. The molecular formula is C70H124O6. The predicted molar refractivity (Wildman–Crippen MR) is 330 cm³/mol. The largest absolute Gasteiger partial charge is 0.462 e. The molecule has 76 heavy (non-hydrogen) atoms. The quantitative estimate of drug-likeness (QED) is 0.0261. The molecule has 0 radical (unpaired) electrons. The maximum Gasteiger partial charge on any atom is 0.306 e. The van der Waals surface area contributed by atoms with Crippen LogP contribution in [0.25, 0.3) is 0 Å². The van der Waals surface area contributed by atoms with Crippen LogP contribution in [0.4, 0.5) is 0 Å². The van der Waals surface area contributed by atoms with Crippen LogP contribution in [0, 0.1) is 0 Å². The summed E-state index contributed by atoms with van der Waals surface area (Å²) in [6, 6.07) is 0. The van der Waals surface area contributed by atoms with Crippen molar-refractivity contribution in [1.82, 2.24) is 0 Å². The third-order valence-corrected chi connectivity index (χ3v) is 14.4. The Hall–Kier alpha value is -3.15. The summed E-state index contributed by atoms with van der Waals surface area (Å²) >= 11 is 0. The van der Waals surface area contributed by atoms with Crippen molar-refractivity contribution in [1.29, 1.82) is 0 Å². The van der Waals surface area contributed by atoms with E-state index in [1.54, 1.807) is 0 Å². The van der Waals surface area contributed by atoms with Gasteiger partial charge in [0.25, 0.3) is 0 Å². The molecule has 0 bridgehead atoms. The summed E-state index contributed by atoms with van der Waals surface area (Å²) < 4.78 is 16.8. The summed E-state index contributed by atoms with van der Waals surface area (Å²) in [5.74, 6) is -0.909. The maximum atomic E-state index is 12.8. The predicted octanol–water partition coefficient (Wildman–Crippen LogP) is 22.5. The van der Waals surface area contributed by atoms with E-state index >= 15 is 0 Å². The zero-order valence-corrected chi connectivity index (χ0v) is 50.5. The lowest BCUT2D eigenvalue weighted by Crippen LogP contribution is -2.30. The van der Waals surface area contributed by atoms with Crippen LogP contribution in [0.2, 0.25) is 0 Å². The van der Waals surface area contributed by atoms with Crippen LogP contribution in [0.5, 0.6) is 0 Å². The lowest BCUT2D eigenvalue weighted by Gasteiger charge is -2.18. The Morgan fingerprint density at radius 1 is 0.276 bits per heavy atom. The fourth-order valence-corrected chi connectivity index (χ4v) is 9.53. The van der Waals surface area contributed by atoms with Gasteiger partial charge in [0, 0.05) is 19.3 Å². The minimum absolute atomic E-state index is 0.0856. The number of rotatable bonds is 60. The molecule has 0 spiro atoms. The first kappa shape index (κ1) is 72.8. The van der Waals surface area contributed by atoms with E-state index in [2.05, 4.69) is 93.7 Å². The number of carbonyl (C=O) groups is 3. The highest BCUT2D eigenvalue weighted by Gasteiger charge is 2.19. The lowest BCUT2D eigenvalue weighted by molar-refractivity contribution is -0.167. The van der Waals surface area contributed by atoms with Crippen molar-refractivity contribution in [3.05, 3.63) is 72.9 Å². The SMILES string of the molecule is CC/C=C\C/C=C\C/C=C\C/C=C\C/C=C\CCCCCC(=O)OC(COC(=O)CCCCCCCCCC)COC(=O)CCCCCCCCCCCCCCCCCCCCC/C=C\CCCCCCCCCC. The molecule has 0 N–H and O–H groups in total. The van der Waals surface area contributed by atoms with Crippen molar-refractivity contribution in [3.63, 3.8) is 0 Å². The molecule has 0 aliphatic carbocycles. The van der Waals surface area contributed by atoms with E-state index in [9.17, 15) is 14.4 Å². The molecule has 440 valence electrons. The van der Waals surface area contributed by atoms with Crippen molar-refractivity contribution >= 4 is 17.9 Å². The van der Waals surface area contributed by atoms with E-state index in [4.69, 9.17) is 14.2 Å². The van der Waals surface area contributed by atoms with E-state index in [-0.39, 0.29) is 31.1 Å². The Morgan fingerprint density at radius 2 is 0.513 bits per heavy atom. The van der Waals surface area contributed by atoms with Gasteiger partial charge in [-0.2, -0.15) is 0 Å². The van der Waals surface area contributed by atoms with Gasteiger partial charge in [-0.15, -0.1) is 0 Å². The zero-order valence-electron chi connectivity index (χ0n) is 50.5. The van der Waals surface area contributed by atoms with Gasteiger partial charge in [0.1, 0.15) is 13.2 Å². The topological polar surface area (TPSA) is 78.9 Å². The van der Waals surface area contributed by atoms with Gasteiger partial charge in [-0.3, -0.25) is 14.4 Å². The van der Waals surface area contributed by atoms with Crippen LogP contribution in [0.15, 0.2) is 72.9 Å². The summed E-state index contributed by atoms with van der Waals surface area (Å²) in [5, 5.41) is 0.